The molecule has 4 nitrogen and oxygen atoms in total. The minimum Gasteiger partial charge on any atom is -0.507 e. The van der Waals surface area contributed by atoms with Gasteiger partial charge >= 0.3 is 0 Å². The predicted molar refractivity (Wildman–Crippen MR) is 62.0 cm³/mol. The van der Waals surface area contributed by atoms with Crippen LogP contribution in [-0.4, -0.2) is 16.7 Å². The summed E-state index contributed by atoms with van der Waals surface area (Å²) in [5.74, 6) is 0.180. The van der Waals surface area contributed by atoms with Crippen LogP contribution in [0.2, 0.25) is 0 Å². The van der Waals surface area contributed by atoms with Crippen LogP contribution >= 0.6 is 0 Å². The van der Waals surface area contributed by atoms with Crippen LogP contribution in [0.5, 0.6) is 5.75 Å². The first-order valence-corrected chi connectivity index (χ1v) is 5.07. The molecule has 1 aliphatic rings. The van der Waals surface area contributed by atoms with Gasteiger partial charge in [0.2, 0.25) is 5.91 Å². The molecule has 4 heteroatoms. The number of carbonyl (C=O) groups excluding carboxylic acids is 1. The second kappa shape index (κ2) is 4.61. The number of benzene rings is 1. The maximum Gasteiger partial charge on any atom is 0.240 e. The van der Waals surface area contributed by atoms with Gasteiger partial charge in [-0.1, -0.05) is 18.2 Å². The fourth-order valence-electron chi connectivity index (χ4n) is 1.42. The zero-order valence-electron chi connectivity index (χ0n) is 8.68. The van der Waals surface area contributed by atoms with Crippen LogP contribution in [-0.2, 0) is 4.79 Å². The maximum atomic E-state index is 10.9. The second-order valence-corrected chi connectivity index (χ2v) is 3.53. The smallest absolute Gasteiger partial charge is 0.240 e. The fraction of sp³-hybridized carbons (Fsp3) is 0.167. The number of nitrogens with one attached hydrogen (secondary N) is 1. The quantitative estimate of drug-likeness (QED) is 0.790. The van der Waals surface area contributed by atoms with E-state index in [-0.39, 0.29) is 11.7 Å². The zero-order chi connectivity index (χ0) is 11.4. The highest BCUT2D eigenvalue weighted by molar-refractivity contribution is 6.02. The molecule has 0 spiro atoms. The Hall–Kier alpha value is -2.10. The summed E-state index contributed by atoms with van der Waals surface area (Å²) in [7, 11) is 0. The molecular formula is C12H12N2O2. The van der Waals surface area contributed by atoms with E-state index in [0.717, 1.165) is 11.3 Å². The number of rotatable bonds is 2. The molecule has 0 unspecified atom stereocenters. The standard InChI is InChI=1S/C12H12N2O2/c15-11-4-2-1-3-9(11)5-6-10-7-8-12(16)14-13-10/h1-6,15H,7-8H2,(H,14,16). The summed E-state index contributed by atoms with van der Waals surface area (Å²) >= 11 is 0. The van der Waals surface area contributed by atoms with E-state index >= 15 is 0 Å². The van der Waals surface area contributed by atoms with Crippen molar-refractivity contribution < 1.29 is 9.90 Å². The third-order valence-corrected chi connectivity index (χ3v) is 2.32. The van der Waals surface area contributed by atoms with E-state index < -0.39 is 0 Å². The van der Waals surface area contributed by atoms with Gasteiger partial charge in [0.05, 0.1) is 5.71 Å². The van der Waals surface area contributed by atoms with E-state index in [1.54, 1.807) is 24.3 Å². The van der Waals surface area contributed by atoms with Crippen LogP contribution in [0.25, 0.3) is 6.08 Å². The Bertz CT molecular complexity index is 464. The number of phenols is 1. The van der Waals surface area contributed by atoms with E-state index in [4.69, 9.17) is 0 Å². The molecule has 1 aromatic carbocycles. The van der Waals surface area contributed by atoms with Crippen LogP contribution in [0.1, 0.15) is 18.4 Å². The summed E-state index contributed by atoms with van der Waals surface area (Å²) in [4.78, 5) is 10.9. The highest BCUT2D eigenvalue weighted by Crippen LogP contribution is 2.17. The van der Waals surface area contributed by atoms with Crippen molar-refractivity contribution in [3.63, 3.8) is 0 Å². The Morgan fingerprint density at radius 3 is 2.75 bits per heavy atom. The first-order valence-electron chi connectivity index (χ1n) is 5.07. The Morgan fingerprint density at radius 1 is 1.25 bits per heavy atom. The van der Waals surface area contributed by atoms with E-state index in [9.17, 15) is 9.90 Å². The average molecular weight is 216 g/mol. The SMILES string of the molecule is O=C1CCC(C=Cc2ccccc2O)=NN1. The van der Waals surface area contributed by atoms with E-state index in [2.05, 4.69) is 10.5 Å². The van der Waals surface area contributed by atoms with Gasteiger partial charge in [-0.2, -0.15) is 5.10 Å². The van der Waals surface area contributed by atoms with E-state index in [1.165, 1.54) is 0 Å². The topological polar surface area (TPSA) is 61.7 Å². The first kappa shape index (κ1) is 10.4. The number of aromatic hydroxyl groups is 1. The normalized spacial score (nSPS) is 16.0. The lowest BCUT2D eigenvalue weighted by molar-refractivity contribution is -0.121. The van der Waals surface area contributed by atoms with Crippen LogP contribution < -0.4 is 5.43 Å². The highest BCUT2D eigenvalue weighted by Gasteiger charge is 2.08. The van der Waals surface area contributed by atoms with E-state index in [1.807, 2.05) is 12.1 Å². The molecular weight excluding hydrogens is 204 g/mol. The molecule has 0 saturated carbocycles. The summed E-state index contributed by atoms with van der Waals surface area (Å²) in [6, 6.07) is 7.06. The van der Waals surface area contributed by atoms with Crippen LogP contribution in [0.4, 0.5) is 0 Å². The van der Waals surface area contributed by atoms with Gasteiger partial charge < -0.3 is 5.11 Å². The Labute approximate surface area is 93.3 Å². The van der Waals surface area contributed by atoms with Crippen molar-refractivity contribution in [2.24, 2.45) is 5.10 Å². The molecule has 1 amide bonds. The summed E-state index contributed by atoms with van der Waals surface area (Å²) < 4.78 is 0. The number of amides is 1. The first-order chi connectivity index (χ1) is 7.75. The molecule has 2 rings (SSSR count). The van der Waals surface area contributed by atoms with Gasteiger partial charge in [-0.05, 0) is 18.2 Å². The number of allylic oxidation sites excluding steroid dienone is 1. The lowest BCUT2D eigenvalue weighted by Gasteiger charge is -2.08. The molecule has 0 fully saturated rings. The second-order valence-electron chi connectivity index (χ2n) is 3.53. The number of hydrogen-bond acceptors (Lipinski definition) is 3. The van der Waals surface area contributed by atoms with Gasteiger partial charge in [0.25, 0.3) is 0 Å². The third-order valence-electron chi connectivity index (χ3n) is 2.32. The van der Waals surface area contributed by atoms with Crippen LogP contribution in [0.3, 0.4) is 0 Å². The summed E-state index contributed by atoms with van der Waals surface area (Å²) in [5.41, 5.74) is 3.96. The lowest BCUT2D eigenvalue weighted by Crippen LogP contribution is -2.24. The molecule has 1 heterocycles. The number of carbonyl (C=O) groups is 1. The Kier molecular flexibility index (Phi) is 3.00. The molecule has 0 aliphatic carbocycles. The largest absolute Gasteiger partial charge is 0.507 e. The van der Waals surface area contributed by atoms with Gasteiger partial charge in [-0.25, -0.2) is 5.43 Å². The van der Waals surface area contributed by atoms with Crippen molar-refractivity contribution in [1.29, 1.82) is 0 Å². The minimum atomic E-state index is -0.0558. The van der Waals surface area contributed by atoms with Crippen molar-refractivity contribution in [3.05, 3.63) is 35.9 Å². The molecule has 82 valence electrons. The van der Waals surface area contributed by atoms with Gasteiger partial charge in [-0.3, -0.25) is 4.79 Å². The van der Waals surface area contributed by atoms with Crippen molar-refractivity contribution >= 4 is 17.7 Å². The number of nitrogens with zero attached hydrogens (tertiary/aromatic N) is 1. The predicted octanol–water partition coefficient (Wildman–Crippen LogP) is 1.67. The molecule has 2 N–H and O–H groups in total. The maximum absolute atomic E-state index is 10.9. The molecule has 1 aliphatic heterocycles. The highest BCUT2D eigenvalue weighted by atomic mass is 16.3. The van der Waals surface area contributed by atoms with Crippen molar-refractivity contribution in [2.75, 3.05) is 0 Å². The molecule has 1 aromatic rings. The van der Waals surface area contributed by atoms with Gasteiger partial charge in [0, 0.05) is 18.4 Å². The molecule has 0 bridgehead atoms. The Morgan fingerprint density at radius 2 is 2.06 bits per heavy atom. The number of hydrogen-bond donors (Lipinski definition) is 2. The lowest BCUT2D eigenvalue weighted by atomic mass is 10.1. The third kappa shape index (κ3) is 2.48. The van der Waals surface area contributed by atoms with Crippen molar-refractivity contribution in [1.82, 2.24) is 5.43 Å². The molecule has 16 heavy (non-hydrogen) atoms. The Balaban J connectivity index is 2.10. The molecule has 0 atom stereocenters. The average Bonchev–Trinajstić information content (AvgIpc) is 2.30. The number of hydrazone groups is 1. The van der Waals surface area contributed by atoms with Crippen LogP contribution in [0.15, 0.2) is 35.4 Å². The minimum absolute atomic E-state index is 0.0558. The van der Waals surface area contributed by atoms with E-state index in [0.29, 0.717) is 12.8 Å². The van der Waals surface area contributed by atoms with Crippen LogP contribution in [0, 0.1) is 0 Å². The zero-order valence-corrected chi connectivity index (χ0v) is 8.68. The summed E-state index contributed by atoms with van der Waals surface area (Å²) in [6.45, 7) is 0. The summed E-state index contributed by atoms with van der Waals surface area (Å²) in [5, 5.41) is 13.4. The van der Waals surface area contributed by atoms with Crippen molar-refractivity contribution in [3.8, 4) is 5.75 Å². The number of phenolic OH excluding ortho intramolecular Hbond substituents is 1. The fourth-order valence-corrected chi connectivity index (χ4v) is 1.42. The number of para-hydroxylation sites is 1. The van der Waals surface area contributed by atoms with Gasteiger partial charge in [0.15, 0.2) is 0 Å². The summed E-state index contributed by atoms with van der Waals surface area (Å²) in [6.07, 6.45) is 4.68. The van der Waals surface area contributed by atoms with Gasteiger partial charge in [0.1, 0.15) is 5.75 Å². The van der Waals surface area contributed by atoms with Gasteiger partial charge in [-0.15, -0.1) is 0 Å². The monoisotopic (exact) mass is 216 g/mol. The van der Waals surface area contributed by atoms with Crippen molar-refractivity contribution in [2.45, 2.75) is 12.8 Å². The molecule has 0 radical (unpaired) electrons. The molecule has 0 aromatic heterocycles. The molecule has 0 saturated heterocycles.